The smallest absolute Gasteiger partial charge is 0.341 e. The second kappa shape index (κ2) is 8.91. The third kappa shape index (κ3) is 4.10. The van der Waals surface area contributed by atoms with Crippen LogP contribution in [0, 0.1) is 0 Å². The quantitative estimate of drug-likeness (QED) is 0.483. The Bertz CT molecular complexity index is 1030. The molecule has 1 atom stereocenters. The lowest BCUT2D eigenvalue weighted by Crippen LogP contribution is -2.08. The minimum atomic E-state index is -0.426. The van der Waals surface area contributed by atoms with Crippen LogP contribution in [0.15, 0.2) is 66.7 Å². The molecule has 0 saturated heterocycles. The van der Waals surface area contributed by atoms with E-state index < -0.39 is 5.97 Å². The van der Waals surface area contributed by atoms with Gasteiger partial charge in [0.1, 0.15) is 23.7 Å². The Morgan fingerprint density at radius 1 is 1.10 bits per heavy atom. The molecule has 4 rings (SSSR count). The number of anilines is 1. The molecule has 0 radical (unpaired) electrons. The first-order valence-corrected chi connectivity index (χ1v) is 10.1. The number of nitrogen functional groups attached to an aromatic ring is 1. The first-order chi connectivity index (χ1) is 14.7. The van der Waals surface area contributed by atoms with Gasteiger partial charge in [-0.3, -0.25) is 0 Å². The van der Waals surface area contributed by atoms with Crippen molar-refractivity contribution in [3.8, 4) is 11.5 Å². The van der Waals surface area contributed by atoms with Gasteiger partial charge in [-0.2, -0.15) is 0 Å². The van der Waals surface area contributed by atoms with Crippen LogP contribution in [0.3, 0.4) is 0 Å². The van der Waals surface area contributed by atoms with Gasteiger partial charge in [0, 0.05) is 11.5 Å². The third-order valence-corrected chi connectivity index (χ3v) is 5.35. The normalized spacial score (nSPS) is 15.4. The molecule has 0 spiro atoms. The van der Waals surface area contributed by atoms with Gasteiger partial charge in [-0.25, -0.2) is 4.79 Å². The lowest BCUT2D eigenvalue weighted by molar-refractivity contribution is 0.0595. The Hall–Kier alpha value is -3.47. The minimum absolute atomic E-state index is 0.216. The number of carbonyl (C=O) groups is 1. The SMILES string of the molecule is COC(=O)c1ccccc1OCc1cc(N)c2c(c1)C(c1ccccc1)CCCO2. The van der Waals surface area contributed by atoms with E-state index in [-0.39, 0.29) is 12.5 Å². The fraction of sp³-hybridized carbons (Fsp3) is 0.240. The number of hydrogen-bond donors (Lipinski definition) is 1. The summed E-state index contributed by atoms with van der Waals surface area (Å²) in [5.74, 6) is 1.03. The molecule has 154 valence electrons. The molecule has 1 aliphatic rings. The zero-order valence-corrected chi connectivity index (χ0v) is 17.0. The van der Waals surface area contributed by atoms with Crippen molar-refractivity contribution < 1.29 is 19.0 Å². The van der Waals surface area contributed by atoms with Crippen molar-refractivity contribution in [1.29, 1.82) is 0 Å². The third-order valence-electron chi connectivity index (χ3n) is 5.35. The maximum Gasteiger partial charge on any atom is 0.341 e. The van der Waals surface area contributed by atoms with E-state index in [0.717, 1.165) is 29.7 Å². The number of benzene rings is 3. The first-order valence-electron chi connectivity index (χ1n) is 10.1. The molecule has 0 amide bonds. The minimum Gasteiger partial charge on any atom is -0.491 e. The van der Waals surface area contributed by atoms with Crippen molar-refractivity contribution in [2.24, 2.45) is 0 Å². The van der Waals surface area contributed by atoms with Gasteiger partial charge in [-0.1, -0.05) is 42.5 Å². The Morgan fingerprint density at radius 3 is 2.67 bits per heavy atom. The maximum absolute atomic E-state index is 12.0. The Balaban J connectivity index is 1.65. The van der Waals surface area contributed by atoms with Gasteiger partial charge in [-0.05, 0) is 48.2 Å². The molecule has 0 saturated carbocycles. The second-order valence-corrected chi connectivity index (χ2v) is 7.33. The van der Waals surface area contributed by atoms with Crippen LogP contribution in [0.2, 0.25) is 0 Å². The van der Waals surface area contributed by atoms with Crippen molar-refractivity contribution in [2.75, 3.05) is 19.5 Å². The van der Waals surface area contributed by atoms with E-state index >= 15 is 0 Å². The van der Waals surface area contributed by atoms with E-state index in [9.17, 15) is 4.79 Å². The van der Waals surface area contributed by atoms with Crippen LogP contribution < -0.4 is 15.2 Å². The molecule has 3 aromatic carbocycles. The molecule has 5 heteroatoms. The van der Waals surface area contributed by atoms with Crippen molar-refractivity contribution in [3.63, 3.8) is 0 Å². The number of nitrogens with two attached hydrogens (primary N) is 1. The summed E-state index contributed by atoms with van der Waals surface area (Å²) in [7, 11) is 1.36. The van der Waals surface area contributed by atoms with E-state index in [4.69, 9.17) is 19.9 Å². The molecular weight excluding hydrogens is 378 g/mol. The van der Waals surface area contributed by atoms with Crippen molar-refractivity contribution in [3.05, 3.63) is 89.0 Å². The second-order valence-electron chi connectivity index (χ2n) is 7.33. The van der Waals surface area contributed by atoms with Crippen LogP contribution in [0.1, 0.15) is 45.8 Å². The summed E-state index contributed by atoms with van der Waals surface area (Å²) in [6.07, 6.45) is 1.96. The van der Waals surface area contributed by atoms with E-state index in [1.54, 1.807) is 18.2 Å². The average molecular weight is 403 g/mol. The molecule has 0 fully saturated rings. The predicted octanol–water partition coefficient (Wildman–Crippen LogP) is 4.94. The number of carbonyl (C=O) groups excluding carboxylic acids is 1. The van der Waals surface area contributed by atoms with Crippen LogP contribution in [0.25, 0.3) is 0 Å². The predicted molar refractivity (Wildman–Crippen MR) is 116 cm³/mol. The maximum atomic E-state index is 12.0. The highest BCUT2D eigenvalue weighted by Crippen LogP contribution is 2.41. The van der Waals surface area contributed by atoms with Crippen LogP contribution in [0.5, 0.6) is 11.5 Å². The summed E-state index contributed by atoms with van der Waals surface area (Å²) >= 11 is 0. The molecule has 2 N–H and O–H groups in total. The number of methoxy groups -OCH3 is 1. The molecular formula is C25H25NO4. The molecule has 1 heterocycles. The van der Waals surface area contributed by atoms with E-state index in [1.807, 2.05) is 18.2 Å². The molecule has 0 bridgehead atoms. The summed E-state index contributed by atoms with van der Waals surface area (Å²) in [5.41, 5.74) is 10.6. The zero-order valence-electron chi connectivity index (χ0n) is 17.0. The van der Waals surface area contributed by atoms with Gasteiger partial charge < -0.3 is 19.9 Å². The van der Waals surface area contributed by atoms with E-state index in [0.29, 0.717) is 23.6 Å². The monoisotopic (exact) mass is 403 g/mol. The largest absolute Gasteiger partial charge is 0.491 e. The van der Waals surface area contributed by atoms with Gasteiger partial charge >= 0.3 is 5.97 Å². The number of fused-ring (bicyclic) bond motifs is 1. The summed E-state index contributed by atoms with van der Waals surface area (Å²) in [5, 5.41) is 0. The molecule has 30 heavy (non-hydrogen) atoms. The van der Waals surface area contributed by atoms with Crippen molar-refractivity contribution in [2.45, 2.75) is 25.4 Å². The molecule has 5 nitrogen and oxygen atoms in total. The van der Waals surface area contributed by atoms with Crippen LogP contribution >= 0.6 is 0 Å². The van der Waals surface area contributed by atoms with E-state index in [2.05, 4.69) is 30.3 Å². The summed E-state index contributed by atoms with van der Waals surface area (Å²) in [4.78, 5) is 12.0. The van der Waals surface area contributed by atoms with Crippen molar-refractivity contribution in [1.82, 2.24) is 0 Å². The number of rotatable bonds is 5. The fourth-order valence-electron chi connectivity index (χ4n) is 3.93. The van der Waals surface area contributed by atoms with Gasteiger partial charge in [0.25, 0.3) is 0 Å². The zero-order chi connectivity index (χ0) is 20.9. The lowest BCUT2D eigenvalue weighted by Gasteiger charge is -2.20. The van der Waals surface area contributed by atoms with Gasteiger partial charge in [0.05, 0.1) is 19.4 Å². The highest BCUT2D eigenvalue weighted by molar-refractivity contribution is 5.92. The van der Waals surface area contributed by atoms with Crippen LogP contribution in [-0.4, -0.2) is 19.7 Å². The highest BCUT2D eigenvalue weighted by Gasteiger charge is 2.24. The molecule has 1 unspecified atom stereocenters. The Kier molecular flexibility index (Phi) is 5.89. The molecule has 3 aromatic rings. The summed E-state index contributed by atoms with van der Waals surface area (Å²) in [6.45, 7) is 0.940. The average Bonchev–Trinajstić information content (AvgIpc) is 3.01. The van der Waals surface area contributed by atoms with E-state index in [1.165, 1.54) is 12.7 Å². The fourth-order valence-corrected chi connectivity index (χ4v) is 3.93. The lowest BCUT2D eigenvalue weighted by atomic mass is 9.86. The summed E-state index contributed by atoms with van der Waals surface area (Å²) < 4.78 is 16.8. The number of ether oxygens (including phenoxy) is 3. The standard InChI is InChI=1S/C25H25NO4/c1-28-25(27)20-10-5-6-12-23(20)30-16-17-14-21-19(18-8-3-2-4-9-18)11-7-13-29-24(21)22(26)15-17/h2-6,8-10,12,14-15,19H,7,11,13,16,26H2,1H3. The van der Waals surface area contributed by atoms with Gasteiger partial charge in [-0.15, -0.1) is 0 Å². The molecule has 1 aliphatic heterocycles. The number of esters is 1. The topological polar surface area (TPSA) is 70.8 Å². The highest BCUT2D eigenvalue weighted by atomic mass is 16.5. The summed E-state index contributed by atoms with van der Waals surface area (Å²) in [6, 6.07) is 21.5. The van der Waals surface area contributed by atoms with Crippen LogP contribution in [0.4, 0.5) is 5.69 Å². The number of hydrogen-bond acceptors (Lipinski definition) is 5. The van der Waals surface area contributed by atoms with Gasteiger partial charge in [0.15, 0.2) is 0 Å². The van der Waals surface area contributed by atoms with Gasteiger partial charge in [0.2, 0.25) is 0 Å². The Labute approximate surface area is 176 Å². The molecule has 0 aliphatic carbocycles. The first kappa shape index (κ1) is 19.8. The Morgan fingerprint density at radius 2 is 1.87 bits per heavy atom. The number of para-hydroxylation sites is 1. The molecule has 0 aromatic heterocycles. The van der Waals surface area contributed by atoms with Crippen molar-refractivity contribution >= 4 is 11.7 Å². The van der Waals surface area contributed by atoms with Crippen LogP contribution in [-0.2, 0) is 11.3 Å².